The van der Waals surface area contributed by atoms with Crippen LogP contribution in [0.2, 0.25) is 0 Å². The number of rotatable bonds is 4. The van der Waals surface area contributed by atoms with E-state index >= 15 is 0 Å². The molecule has 2 fully saturated rings. The SMILES string of the molecule is Cc1c(-c2[nH]c3ccc(C4CC5CN(C(C)C)CC5C4)cc3c2C(C)C)cn2cnnc2c1C. The lowest BCUT2D eigenvalue weighted by Crippen LogP contribution is -2.29. The predicted molar refractivity (Wildman–Crippen MR) is 140 cm³/mol. The summed E-state index contributed by atoms with van der Waals surface area (Å²) in [5, 5.41) is 9.83. The number of nitrogens with one attached hydrogen (secondary N) is 1. The van der Waals surface area contributed by atoms with E-state index < -0.39 is 0 Å². The molecule has 4 heterocycles. The summed E-state index contributed by atoms with van der Waals surface area (Å²) in [5.41, 5.74) is 10.1. The van der Waals surface area contributed by atoms with Crippen LogP contribution in [0.4, 0.5) is 0 Å². The van der Waals surface area contributed by atoms with Crippen molar-refractivity contribution >= 4 is 16.6 Å². The number of H-pyrrole nitrogens is 1. The third-order valence-corrected chi connectivity index (χ3v) is 8.83. The van der Waals surface area contributed by atoms with E-state index in [1.807, 2.05) is 0 Å². The molecule has 34 heavy (non-hydrogen) atoms. The number of benzene rings is 1. The molecular formula is C29H37N5. The largest absolute Gasteiger partial charge is 0.354 e. The van der Waals surface area contributed by atoms with E-state index in [4.69, 9.17) is 0 Å². The van der Waals surface area contributed by atoms with E-state index in [1.165, 1.54) is 70.3 Å². The fourth-order valence-electron chi connectivity index (χ4n) is 6.79. The van der Waals surface area contributed by atoms with Crippen molar-refractivity contribution in [2.75, 3.05) is 13.1 Å². The van der Waals surface area contributed by atoms with Crippen molar-refractivity contribution in [3.8, 4) is 11.3 Å². The quantitative estimate of drug-likeness (QED) is 0.385. The van der Waals surface area contributed by atoms with Gasteiger partial charge < -0.3 is 9.88 Å². The minimum Gasteiger partial charge on any atom is -0.354 e. The lowest BCUT2D eigenvalue weighted by molar-refractivity contribution is 0.251. The topological polar surface area (TPSA) is 49.2 Å². The van der Waals surface area contributed by atoms with E-state index in [0.29, 0.717) is 17.9 Å². The zero-order valence-corrected chi connectivity index (χ0v) is 21.4. The van der Waals surface area contributed by atoms with Gasteiger partial charge in [0.2, 0.25) is 0 Å². The second-order valence-electron chi connectivity index (χ2n) is 11.5. The summed E-state index contributed by atoms with van der Waals surface area (Å²) in [4.78, 5) is 6.48. The Morgan fingerprint density at radius 3 is 2.41 bits per heavy atom. The van der Waals surface area contributed by atoms with Gasteiger partial charge in [0.05, 0.1) is 5.69 Å². The molecule has 2 atom stereocenters. The molecule has 5 nitrogen and oxygen atoms in total. The Bertz CT molecular complexity index is 1360. The molecule has 0 spiro atoms. The highest BCUT2D eigenvalue weighted by atomic mass is 15.2. The van der Waals surface area contributed by atoms with Gasteiger partial charge in [-0.25, -0.2) is 0 Å². The van der Waals surface area contributed by atoms with Crippen molar-refractivity contribution in [3.05, 3.63) is 53.0 Å². The minimum atomic E-state index is 0.429. The molecule has 6 rings (SSSR count). The van der Waals surface area contributed by atoms with Crippen molar-refractivity contribution < 1.29 is 0 Å². The van der Waals surface area contributed by atoms with Gasteiger partial charge in [-0.05, 0) is 98.6 Å². The van der Waals surface area contributed by atoms with E-state index in [9.17, 15) is 0 Å². The highest BCUT2D eigenvalue weighted by Gasteiger charge is 2.41. The third-order valence-electron chi connectivity index (χ3n) is 8.83. The molecule has 4 aromatic rings. The van der Waals surface area contributed by atoms with Gasteiger partial charge in [-0.3, -0.25) is 4.40 Å². The van der Waals surface area contributed by atoms with Crippen LogP contribution in [0.15, 0.2) is 30.7 Å². The number of pyridine rings is 1. The first kappa shape index (κ1) is 21.8. The van der Waals surface area contributed by atoms with Gasteiger partial charge >= 0.3 is 0 Å². The van der Waals surface area contributed by atoms with Crippen molar-refractivity contribution in [2.45, 2.75) is 72.3 Å². The number of likely N-dealkylation sites (tertiary alicyclic amines) is 1. The highest BCUT2D eigenvalue weighted by molar-refractivity contribution is 5.92. The van der Waals surface area contributed by atoms with Crippen molar-refractivity contribution in [1.82, 2.24) is 24.5 Å². The lowest BCUT2D eigenvalue weighted by atomic mass is 9.90. The summed E-state index contributed by atoms with van der Waals surface area (Å²) in [5.74, 6) is 2.87. The molecule has 5 heteroatoms. The maximum atomic E-state index is 4.31. The molecule has 178 valence electrons. The number of fused-ring (bicyclic) bond motifs is 3. The molecule has 2 aliphatic rings. The zero-order valence-electron chi connectivity index (χ0n) is 21.4. The Hall–Kier alpha value is -2.66. The number of aromatic amines is 1. The van der Waals surface area contributed by atoms with Crippen LogP contribution in [0.25, 0.3) is 27.8 Å². The summed E-state index contributed by atoms with van der Waals surface area (Å²) < 4.78 is 2.05. The number of hydrogen-bond donors (Lipinski definition) is 1. The Balaban J connectivity index is 1.40. The summed E-state index contributed by atoms with van der Waals surface area (Å²) >= 11 is 0. The smallest absolute Gasteiger partial charge is 0.163 e. The summed E-state index contributed by atoms with van der Waals surface area (Å²) in [6.45, 7) is 16.3. The van der Waals surface area contributed by atoms with Gasteiger partial charge in [0.25, 0.3) is 0 Å². The van der Waals surface area contributed by atoms with Crippen LogP contribution in [0.3, 0.4) is 0 Å². The second-order valence-corrected chi connectivity index (χ2v) is 11.5. The molecule has 1 aliphatic heterocycles. The van der Waals surface area contributed by atoms with Crippen LogP contribution < -0.4 is 0 Å². The van der Waals surface area contributed by atoms with Gasteiger partial charge in [-0.15, -0.1) is 10.2 Å². The summed E-state index contributed by atoms with van der Waals surface area (Å²) in [6, 6.07) is 7.90. The number of nitrogens with zero attached hydrogens (tertiary/aromatic N) is 4. The summed E-state index contributed by atoms with van der Waals surface area (Å²) in [6.07, 6.45) is 6.68. The van der Waals surface area contributed by atoms with Gasteiger partial charge in [0.1, 0.15) is 6.33 Å². The molecule has 1 aliphatic carbocycles. The molecule has 1 saturated carbocycles. The molecule has 1 N–H and O–H groups in total. The molecule has 0 bridgehead atoms. The average molecular weight is 456 g/mol. The fourth-order valence-corrected chi connectivity index (χ4v) is 6.79. The number of aromatic nitrogens is 4. The number of aryl methyl sites for hydroxylation is 1. The standard InChI is InChI=1S/C29H37N5/c1-16(2)27-24-11-20(21-9-22-12-33(17(3)4)13-23(22)10-21)7-8-26(24)31-28(27)25-14-34-15-30-32-29(34)19(6)18(25)5/h7-8,11,14-17,21-23,31H,9-10,12-13H2,1-6H3. The van der Waals surface area contributed by atoms with Crippen LogP contribution in [-0.4, -0.2) is 43.6 Å². The van der Waals surface area contributed by atoms with Crippen LogP contribution in [-0.2, 0) is 0 Å². The molecule has 0 amide bonds. The molecule has 2 unspecified atom stereocenters. The first-order valence-electron chi connectivity index (χ1n) is 13.0. The van der Waals surface area contributed by atoms with E-state index in [1.54, 1.807) is 6.33 Å². The van der Waals surface area contributed by atoms with Crippen LogP contribution in [0.1, 0.15) is 74.6 Å². The number of hydrogen-bond acceptors (Lipinski definition) is 3. The monoisotopic (exact) mass is 455 g/mol. The van der Waals surface area contributed by atoms with Crippen molar-refractivity contribution in [2.24, 2.45) is 11.8 Å². The molecule has 0 radical (unpaired) electrons. The molecule has 3 aromatic heterocycles. The van der Waals surface area contributed by atoms with Gasteiger partial charge in [0, 0.05) is 41.8 Å². The molecule has 1 saturated heterocycles. The van der Waals surface area contributed by atoms with E-state index in [0.717, 1.165) is 17.5 Å². The fraction of sp³-hybridized carbons (Fsp3) is 0.517. The van der Waals surface area contributed by atoms with Crippen molar-refractivity contribution in [1.29, 1.82) is 0 Å². The van der Waals surface area contributed by atoms with E-state index in [2.05, 4.69) is 90.4 Å². The lowest BCUT2D eigenvalue weighted by Gasteiger charge is -2.22. The van der Waals surface area contributed by atoms with Gasteiger partial charge in [0.15, 0.2) is 5.65 Å². The summed E-state index contributed by atoms with van der Waals surface area (Å²) in [7, 11) is 0. The first-order chi connectivity index (χ1) is 16.3. The third kappa shape index (κ3) is 3.31. The zero-order chi connectivity index (χ0) is 23.7. The average Bonchev–Trinajstić information content (AvgIpc) is 3.56. The normalized spacial score (nSPS) is 23.2. The van der Waals surface area contributed by atoms with Crippen LogP contribution in [0.5, 0.6) is 0 Å². The first-order valence-corrected chi connectivity index (χ1v) is 13.0. The minimum absolute atomic E-state index is 0.429. The molecular weight excluding hydrogens is 418 g/mol. The Morgan fingerprint density at radius 1 is 1.00 bits per heavy atom. The van der Waals surface area contributed by atoms with Crippen LogP contribution in [0, 0.1) is 25.7 Å². The Labute approximate surface area is 202 Å². The maximum Gasteiger partial charge on any atom is 0.163 e. The molecule has 1 aromatic carbocycles. The van der Waals surface area contributed by atoms with Gasteiger partial charge in [-0.1, -0.05) is 19.9 Å². The van der Waals surface area contributed by atoms with Crippen molar-refractivity contribution in [3.63, 3.8) is 0 Å². The van der Waals surface area contributed by atoms with Crippen LogP contribution >= 0.6 is 0 Å². The predicted octanol–water partition coefficient (Wildman–Crippen LogP) is 6.45. The maximum absolute atomic E-state index is 4.31. The van der Waals surface area contributed by atoms with E-state index in [-0.39, 0.29) is 0 Å². The Kier molecular flexibility index (Phi) is 5.10. The van der Waals surface area contributed by atoms with Gasteiger partial charge in [-0.2, -0.15) is 0 Å². The highest BCUT2D eigenvalue weighted by Crippen LogP contribution is 2.47. The second kappa shape index (κ2) is 7.94. The Morgan fingerprint density at radius 2 is 1.74 bits per heavy atom.